The number of nitrogens with two attached hydrogens (primary N) is 1. The van der Waals surface area contributed by atoms with Crippen molar-refractivity contribution in [3.05, 3.63) is 70.4 Å². The number of aliphatic hydroxyl groups excluding tert-OH is 1. The molecule has 0 aliphatic carbocycles. The van der Waals surface area contributed by atoms with Gasteiger partial charge < -0.3 is 20.3 Å². The molecule has 0 saturated heterocycles. The fourth-order valence-electron chi connectivity index (χ4n) is 3.81. The number of hydrogen-bond donors (Lipinski definition) is 2. The third kappa shape index (κ3) is 4.75. The van der Waals surface area contributed by atoms with Crippen molar-refractivity contribution in [2.45, 2.75) is 30.9 Å². The maximum absolute atomic E-state index is 14.7. The van der Waals surface area contributed by atoms with E-state index in [2.05, 4.69) is 0 Å². The highest BCUT2D eigenvalue weighted by atomic mass is 32.2. The van der Waals surface area contributed by atoms with Crippen molar-refractivity contribution < 1.29 is 22.7 Å². The van der Waals surface area contributed by atoms with Gasteiger partial charge in [-0.25, -0.2) is 12.8 Å². The maximum atomic E-state index is 14.7. The van der Waals surface area contributed by atoms with Crippen molar-refractivity contribution in [3.63, 3.8) is 0 Å². The Balaban J connectivity index is 1.97. The smallest absolute Gasteiger partial charge is 0.258 e. The van der Waals surface area contributed by atoms with Crippen molar-refractivity contribution in [2.24, 2.45) is 5.73 Å². The minimum absolute atomic E-state index is 0.295. The van der Waals surface area contributed by atoms with Gasteiger partial charge in [-0.2, -0.15) is 0 Å². The van der Waals surface area contributed by atoms with Gasteiger partial charge >= 0.3 is 0 Å². The summed E-state index contributed by atoms with van der Waals surface area (Å²) < 4.78 is 37.8. The highest BCUT2D eigenvalue weighted by Crippen LogP contribution is 2.27. The molecule has 2 aromatic carbocycles. The molecule has 2 atom stereocenters. The highest BCUT2D eigenvalue weighted by molar-refractivity contribution is 7.92. The van der Waals surface area contributed by atoms with Crippen LogP contribution in [0.1, 0.15) is 12.5 Å². The summed E-state index contributed by atoms with van der Waals surface area (Å²) in [6, 6.07) is 11.5. The maximum Gasteiger partial charge on any atom is 0.258 e. The number of aliphatic hydroxyl groups is 1. The zero-order valence-corrected chi connectivity index (χ0v) is 20.3. The second-order valence-electron chi connectivity index (χ2n) is 8.89. The third-order valence-corrected chi connectivity index (χ3v) is 8.10. The molecule has 0 bridgehead atoms. The SMILES string of the molecule is CN(C)Cc1ccc(-c2ccc3c(=O)n(CC(O)[C@](C)(C(N)=O)S(C)(=O)=O)ccc3c2)c(F)c1. The number of carbonyl (C=O) groups is 1. The van der Waals surface area contributed by atoms with Crippen molar-refractivity contribution >= 4 is 26.5 Å². The molecule has 3 rings (SSSR count). The van der Waals surface area contributed by atoms with Crippen molar-refractivity contribution in [1.29, 1.82) is 0 Å². The van der Waals surface area contributed by atoms with Gasteiger partial charge in [0.1, 0.15) is 11.9 Å². The molecular weight excluding hydrogens is 461 g/mol. The first-order valence-electron chi connectivity index (χ1n) is 10.5. The second-order valence-corrected chi connectivity index (χ2v) is 11.3. The summed E-state index contributed by atoms with van der Waals surface area (Å²) in [6.45, 7) is 1.19. The summed E-state index contributed by atoms with van der Waals surface area (Å²) in [5.41, 5.74) is 6.59. The first-order valence-corrected chi connectivity index (χ1v) is 12.4. The quantitative estimate of drug-likeness (QED) is 0.495. The van der Waals surface area contributed by atoms with Crippen LogP contribution in [0.3, 0.4) is 0 Å². The summed E-state index contributed by atoms with van der Waals surface area (Å²) in [4.78, 5) is 26.8. The zero-order chi connectivity index (χ0) is 25.4. The largest absolute Gasteiger partial charge is 0.389 e. The number of benzene rings is 2. The molecule has 182 valence electrons. The van der Waals surface area contributed by atoms with E-state index in [0.717, 1.165) is 23.3 Å². The van der Waals surface area contributed by atoms with Gasteiger partial charge in [0.2, 0.25) is 5.91 Å². The minimum atomic E-state index is -4.07. The van der Waals surface area contributed by atoms with Crippen LogP contribution in [0.15, 0.2) is 53.5 Å². The number of aromatic nitrogens is 1. The molecular formula is C24H28FN3O5S. The Kier molecular flexibility index (Phi) is 6.97. The predicted octanol–water partition coefficient (Wildman–Crippen LogP) is 1.52. The third-order valence-electron chi connectivity index (χ3n) is 6.09. The Morgan fingerprint density at radius 3 is 2.44 bits per heavy atom. The number of fused-ring (bicyclic) bond motifs is 1. The Morgan fingerprint density at radius 2 is 1.88 bits per heavy atom. The van der Waals surface area contributed by atoms with Crippen molar-refractivity contribution in [2.75, 3.05) is 20.4 Å². The van der Waals surface area contributed by atoms with Crippen LogP contribution in [0.25, 0.3) is 21.9 Å². The number of amides is 1. The number of pyridine rings is 1. The minimum Gasteiger partial charge on any atom is -0.389 e. The molecule has 3 aromatic rings. The van der Waals surface area contributed by atoms with E-state index in [1.54, 1.807) is 30.3 Å². The molecule has 10 heteroatoms. The van der Waals surface area contributed by atoms with Crippen molar-refractivity contribution in [1.82, 2.24) is 9.47 Å². The van der Waals surface area contributed by atoms with Gasteiger partial charge in [0.05, 0.1) is 6.54 Å². The lowest BCUT2D eigenvalue weighted by atomic mass is 10.00. The number of hydrogen-bond acceptors (Lipinski definition) is 6. The number of halogens is 1. The number of carbonyl (C=O) groups excluding carboxylic acids is 1. The molecule has 0 spiro atoms. The number of nitrogens with zero attached hydrogens (tertiary/aromatic N) is 2. The lowest BCUT2D eigenvalue weighted by Gasteiger charge is -2.29. The molecule has 34 heavy (non-hydrogen) atoms. The van der Waals surface area contributed by atoms with E-state index in [-0.39, 0.29) is 5.82 Å². The fourth-order valence-corrected chi connectivity index (χ4v) is 4.74. The van der Waals surface area contributed by atoms with Crippen LogP contribution in [0.5, 0.6) is 0 Å². The van der Waals surface area contributed by atoms with Gasteiger partial charge in [0.25, 0.3) is 5.56 Å². The van der Waals surface area contributed by atoms with Gasteiger partial charge in [0.15, 0.2) is 14.6 Å². The molecule has 1 amide bonds. The Hall–Kier alpha value is -3.08. The van der Waals surface area contributed by atoms with Crippen LogP contribution in [-0.4, -0.2) is 60.1 Å². The zero-order valence-electron chi connectivity index (χ0n) is 19.4. The van der Waals surface area contributed by atoms with Gasteiger partial charge in [-0.1, -0.05) is 18.2 Å². The predicted molar refractivity (Wildman–Crippen MR) is 129 cm³/mol. The Bertz CT molecular complexity index is 1420. The molecule has 0 aliphatic heterocycles. The van der Waals surface area contributed by atoms with E-state index >= 15 is 0 Å². The molecule has 1 unspecified atom stereocenters. The van der Waals surface area contributed by atoms with E-state index in [1.807, 2.05) is 25.1 Å². The average molecular weight is 490 g/mol. The summed E-state index contributed by atoms with van der Waals surface area (Å²) in [7, 11) is -0.268. The van der Waals surface area contributed by atoms with Gasteiger partial charge in [-0.15, -0.1) is 0 Å². The van der Waals surface area contributed by atoms with E-state index in [4.69, 9.17) is 5.73 Å². The number of primary amides is 1. The van der Waals surface area contributed by atoms with E-state index in [9.17, 15) is 27.5 Å². The first-order chi connectivity index (χ1) is 15.8. The van der Waals surface area contributed by atoms with E-state index < -0.39 is 38.7 Å². The summed E-state index contributed by atoms with van der Waals surface area (Å²) in [5, 5.41) is 11.4. The topological polar surface area (TPSA) is 123 Å². The molecule has 1 heterocycles. The molecule has 3 N–H and O–H groups in total. The normalized spacial score (nSPS) is 14.8. The van der Waals surface area contributed by atoms with Gasteiger partial charge in [-0.3, -0.25) is 9.59 Å². The standard InChI is InChI=1S/C24H28FN3O5S/c1-24(23(26)31,34(4,32)33)21(29)14-28-10-9-17-12-16(6-8-19(17)22(28)30)18-7-5-15(11-20(18)25)13-27(2)3/h5-12,21,29H,13-14H2,1-4H3,(H2,26,31)/t21?,24-/m1/s1. The van der Waals surface area contributed by atoms with Crippen LogP contribution in [0, 0.1) is 5.82 Å². The average Bonchev–Trinajstić information content (AvgIpc) is 2.73. The van der Waals surface area contributed by atoms with E-state index in [0.29, 0.717) is 28.4 Å². The van der Waals surface area contributed by atoms with Crippen LogP contribution in [-0.2, 0) is 27.7 Å². The number of rotatable bonds is 8. The molecule has 8 nitrogen and oxygen atoms in total. The van der Waals surface area contributed by atoms with Crippen LogP contribution in [0.2, 0.25) is 0 Å². The highest BCUT2D eigenvalue weighted by Gasteiger charge is 2.48. The monoisotopic (exact) mass is 489 g/mol. The first kappa shape index (κ1) is 25.5. The van der Waals surface area contributed by atoms with Crippen LogP contribution >= 0.6 is 0 Å². The molecule has 0 saturated carbocycles. The summed E-state index contributed by atoms with van der Waals surface area (Å²) in [6.07, 6.45) is 0.444. The van der Waals surface area contributed by atoms with Gasteiger partial charge in [-0.05, 0) is 61.8 Å². The molecule has 0 radical (unpaired) electrons. The number of sulfone groups is 1. The summed E-state index contributed by atoms with van der Waals surface area (Å²) in [5.74, 6) is -1.58. The second kappa shape index (κ2) is 9.28. The Morgan fingerprint density at radius 1 is 1.21 bits per heavy atom. The van der Waals surface area contributed by atoms with Crippen LogP contribution in [0.4, 0.5) is 4.39 Å². The lowest BCUT2D eigenvalue weighted by Crippen LogP contribution is -2.57. The van der Waals surface area contributed by atoms with Gasteiger partial charge in [0, 0.05) is 29.9 Å². The van der Waals surface area contributed by atoms with E-state index in [1.165, 1.54) is 12.3 Å². The molecule has 0 aliphatic rings. The molecule has 1 aromatic heterocycles. The Labute approximate surface area is 197 Å². The lowest BCUT2D eigenvalue weighted by molar-refractivity contribution is -0.123. The fraction of sp³-hybridized carbons (Fsp3) is 0.333. The van der Waals surface area contributed by atoms with Crippen molar-refractivity contribution in [3.8, 4) is 11.1 Å². The molecule has 0 fully saturated rings. The van der Waals surface area contributed by atoms with Crippen LogP contribution < -0.4 is 11.3 Å². The summed E-state index contributed by atoms with van der Waals surface area (Å²) >= 11 is 0.